The number of esters is 1. The zero-order chi connectivity index (χ0) is 20.1. The first-order chi connectivity index (χ1) is 13.5. The smallest absolute Gasteiger partial charge is 0.337 e. The molecule has 28 heavy (non-hydrogen) atoms. The summed E-state index contributed by atoms with van der Waals surface area (Å²) in [4.78, 5) is 35.7. The molecule has 0 spiro atoms. The van der Waals surface area contributed by atoms with Crippen LogP contribution in [0.4, 0.5) is 21.9 Å². The molecule has 0 aliphatic rings. The first-order valence-electron chi connectivity index (χ1n) is 7.95. The maximum atomic E-state index is 12.3. The van der Waals surface area contributed by atoms with Gasteiger partial charge in [0.2, 0.25) is 5.91 Å². The zero-order valence-electron chi connectivity index (χ0n) is 14.7. The van der Waals surface area contributed by atoms with E-state index in [0.717, 1.165) is 16.3 Å². The van der Waals surface area contributed by atoms with E-state index in [9.17, 15) is 14.4 Å². The van der Waals surface area contributed by atoms with Crippen molar-refractivity contribution in [1.29, 1.82) is 0 Å². The molecule has 3 N–H and O–H groups in total. The number of carbonyl (C=O) groups excluding carboxylic acids is 3. The molecular formula is C18H15N5O4S. The molecule has 2 aromatic carbocycles. The molecule has 1 heterocycles. The van der Waals surface area contributed by atoms with Crippen LogP contribution < -0.4 is 16.0 Å². The topological polar surface area (TPSA) is 122 Å². The van der Waals surface area contributed by atoms with Crippen LogP contribution in [0.2, 0.25) is 0 Å². The first-order valence-corrected chi connectivity index (χ1v) is 8.73. The van der Waals surface area contributed by atoms with E-state index in [0.29, 0.717) is 17.1 Å². The van der Waals surface area contributed by atoms with E-state index >= 15 is 0 Å². The van der Waals surface area contributed by atoms with Gasteiger partial charge in [0.15, 0.2) is 0 Å². The minimum absolute atomic E-state index is 0.164. The van der Waals surface area contributed by atoms with Crippen molar-refractivity contribution in [2.45, 2.75) is 0 Å². The molecular weight excluding hydrogens is 382 g/mol. The van der Waals surface area contributed by atoms with Gasteiger partial charge in [-0.15, -0.1) is 5.10 Å². The van der Waals surface area contributed by atoms with Gasteiger partial charge in [-0.3, -0.25) is 4.79 Å². The maximum absolute atomic E-state index is 12.3. The van der Waals surface area contributed by atoms with E-state index in [-0.39, 0.29) is 5.56 Å². The van der Waals surface area contributed by atoms with Crippen molar-refractivity contribution in [1.82, 2.24) is 9.59 Å². The quantitative estimate of drug-likeness (QED) is 0.449. The molecule has 0 saturated carbocycles. The third-order valence-electron chi connectivity index (χ3n) is 3.57. The third-order valence-corrected chi connectivity index (χ3v) is 4.26. The summed E-state index contributed by atoms with van der Waals surface area (Å²) < 4.78 is 9.38. The van der Waals surface area contributed by atoms with E-state index in [1.54, 1.807) is 18.2 Å². The Morgan fingerprint density at radius 2 is 1.75 bits per heavy atom. The van der Waals surface area contributed by atoms with Crippen LogP contribution in [0.25, 0.3) is 10.2 Å². The number of carbonyl (C=O) groups is 3. The van der Waals surface area contributed by atoms with Crippen LogP contribution in [-0.2, 0) is 9.53 Å². The minimum atomic E-state index is -0.610. The van der Waals surface area contributed by atoms with Gasteiger partial charge in [0.1, 0.15) is 5.52 Å². The van der Waals surface area contributed by atoms with Crippen molar-refractivity contribution < 1.29 is 19.1 Å². The Morgan fingerprint density at radius 1 is 1.04 bits per heavy atom. The number of benzene rings is 2. The zero-order valence-corrected chi connectivity index (χ0v) is 15.5. The lowest BCUT2D eigenvalue weighted by atomic mass is 10.1. The Hall–Kier alpha value is -3.79. The molecule has 10 heteroatoms. The molecule has 0 bridgehead atoms. The molecule has 0 unspecified atom stereocenters. The van der Waals surface area contributed by atoms with E-state index in [1.807, 2.05) is 0 Å². The van der Waals surface area contributed by atoms with Crippen molar-refractivity contribution in [2.75, 3.05) is 23.1 Å². The molecule has 0 aliphatic heterocycles. The summed E-state index contributed by atoms with van der Waals surface area (Å²) in [5.41, 5.74) is 2.06. The highest BCUT2D eigenvalue weighted by molar-refractivity contribution is 7.12. The lowest BCUT2D eigenvalue weighted by Crippen LogP contribution is -2.20. The van der Waals surface area contributed by atoms with Crippen molar-refractivity contribution in [2.24, 2.45) is 0 Å². The Morgan fingerprint density at radius 3 is 2.46 bits per heavy atom. The van der Waals surface area contributed by atoms with Gasteiger partial charge in [0.25, 0.3) is 0 Å². The fraction of sp³-hybridized carbons (Fsp3) is 0.0556. The monoisotopic (exact) mass is 397 g/mol. The highest BCUT2D eigenvalue weighted by Gasteiger charge is 2.12. The van der Waals surface area contributed by atoms with Gasteiger partial charge in [0.05, 0.1) is 17.4 Å². The van der Waals surface area contributed by atoms with Crippen LogP contribution in [0.15, 0.2) is 49.1 Å². The first kappa shape index (κ1) is 19.0. The number of rotatable bonds is 5. The van der Waals surface area contributed by atoms with Crippen LogP contribution >= 0.6 is 11.5 Å². The van der Waals surface area contributed by atoms with E-state index in [2.05, 4.69) is 32.1 Å². The number of aromatic nitrogens is 2. The van der Waals surface area contributed by atoms with Crippen LogP contribution in [0.1, 0.15) is 10.4 Å². The number of urea groups is 1. The summed E-state index contributed by atoms with van der Waals surface area (Å²) in [5.74, 6) is -1.06. The molecule has 9 nitrogen and oxygen atoms in total. The number of nitrogens with one attached hydrogen (secondary N) is 3. The molecule has 0 saturated heterocycles. The number of methoxy groups -OCH3 is 1. The second kappa shape index (κ2) is 8.27. The maximum Gasteiger partial charge on any atom is 0.337 e. The summed E-state index contributed by atoms with van der Waals surface area (Å²) in [6.45, 7) is 3.37. The van der Waals surface area contributed by atoms with Crippen molar-refractivity contribution in [3.63, 3.8) is 0 Å². The number of hydrogen-bond acceptors (Lipinski definition) is 7. The van der Waals surface area contributed by atoms with Gasteiger partial charge in [-0.25, -0.2) is 9.59 Å². The lowest BCUT2D eigenvalue weighted by molar-refractivity contribution is -0.111. The summed E-state index contributed by atoms with van der Waals surface area (Å²) in [5, 5.41) is 11.8. The predicted molar refractivity (Wildman–Crippen MR) is 107 cm³/mol. The van der Waals surface area contributed by atoms with Gasteiger partial charge in [-0.2, -0.15) is 0 Å². The van der Waals surface area contributed by atoms with Crippen molar-refractivity contribution >= 4 is 56.7 Å². The Bertz CT molecular complexity index is 1080. The van der Waals surface area contributed by atoms with E-state index in [4.69, 9.17) is 4.74 Å². The molecule has 0 radical (unpaired) electrons. The fourth-order valence-electron chi connectivity index (χ4n) is 2.35. The fourth-order valence-corrected chi connectivity index (χ4v) is 2.95. The van der Waals surface area contributed by atoms with Gasteiger partial charge in [0, 0.05) is 17.1 Å². The Balaban J connectivity index is 1.79. The van der Waals surface area contributed by atoms with Gasteiger partial charge >= 0.3 is 12.0 Å². The molecule has 0 atom stereocenters. The average molecular weight is 397 g/mol. The van der Waals surface area contributed by atoms with Crippen LogP contribution in [0.5, 0.6) is 0 Å². The lowest BCUT2D eigenvalue weighted by Gasteiger charge is -2.11. The van der Waals surface area contributed by atoms with E-state index in [1.165, 1.54) is 36.8 Å². The highest BCUT2D eigenvalue weighted by Crippen LogP contribution is 2.22. The number of ether oxygens (including phenoxy) is 1. The van der Waals surface area contributed by atoms with Crippen molar-refractivity contribution in [3.05, 3.63) is 54.6 Å². The Labute approximate surface area is 163 Å². The van der Waals surface area contributed by atoms with Crippen LogP contribution in [0.3, 0.4) is 0 Å². The molecule has 3 aromatic rings. The molecule has 1 aromatic heterocycles. The van der Waals surface area contributed by atoms with Crippen molar-refractivity contribution in [3.8, 4) is 0 Å². The SMILES string of the molecule is C=CC(=O)Nc1cc(NC(=O)Nc2ccc3nnsc3c2)cc(C(=O)OC)c1. The third kappa shape index (κ3) is 4.48. The second-order valence-electron chi connectivity index (χ2n) is 5.52. The standard InChI is InChI=1S/C18H15N5O4S/c1-3-16(24)19-12-6-10(17(25)27-2)7-13(8-12)21-18(26)20-11-4-5-14-15(9-11)28-23-22-14/h3-9H,1H2,2H3,(H,19,24)(H2,20,21,26). The molecule has 0 fully saturated rings. The highest BCUT2D eigenvalue weighted by atomic mass is 32.1. The van der Waals surface area contributed by atoms with Gasteiger partial charge in [-0.05, 0) is 54.0 Å². The average Bonchev–Trinajstić information content (AvgIpc) is 3.14. The predicted octanol–water partition coefficient (Wildman–Crippen LogP) is 3.25. The van der Waals surface area contributed by atoms with Crippen LogP contribution in [0, 0.1) is 0 Å². The van der Waals surface area contributed by atoms with Gasteiger partial charge < -0.3 is 20.7 Å². The number of anilines is 3. The summed E-state index contributed by atoms with van der Waals surface area (Å²) in [7, 11) is 1.24. The second-order valence-corrected chi connectivity index (χ2v) is 6.30. The number of hydrogen-bond donors (Lipinski definition) is 3. The molecule has 142 valence electrons. The largest absolute Gasteiger partial charge is 0.465 e. The number of fused-ring (bicyclic) bond motifs is 1. The molecule has 0 aliphatic carbocycles. The van der Waals surface area contributed by atoms with Crippen LogP contribution in [-0.4, -0.2) is 34.6 Å². The summed E-state index contributed by atoms with van der Waals surface area (Å²) in [6.07, 6.45) is 1.09. The van der Waals surface area contributed by atoms with Gasteiger partial charge in [-0.1, -0.05) is 11.1 Å². The normalized spacial score (nSPS) is 10.2. The molecule has 3 rings (SSSR count). The number of nitrogens with zero attached hydrogens (tertiary/aromatic N) is 2. The Kier molecular flexibility index (Phi) is 5.61. The molecule has 3 amide bonds. The summed E-state index contributed by atoms with van der Waals surface area (Å²) in [6, 6.07) is 9.04. The summed E-state index contributed by atoms with van der Waals surface area (Å²) >= 11 is 1.22. The van der Waals surface area contributed by atoms with E-state index < -0.39 is 17.9 Å². The number of amides is 3. The minimum Gasteiger partial charge on any atom is -0.465 e.